The first-order valence-corrected chi connectivity index (χ1v) is 8.78. The molecule has 2 aromatic rings. The van der Waals surface area contributed by atoms with Crippen molar-refractivity contribution in [3.63, 3.8) is 0 Å². The summed E-state index contributed by atoms with van der Waals surface area (Å²) in [6.07, 6.45) is 2.70. The van der Waals surface area contributed by atoms with Crippen molar-refractivity contribution in [1.82, 2.24) is 9.88 Å². The van der Waals surface area contributed by atoms with Crippen LogP contribution in [0.2, 0.25) is 0 Å². The molecule has 1 saturated heterocycles. The van der Waals surface area contributed by atoms with Gasteiger partial charge in [0.15, 0.2) is 0 Å². The van der Waals surface area contributed by atoms with E-state index in [-0.39, 0.29) is 5.92 Å². The minimum absolute atomic E-state index is 0.0994. The van der Waals surface area contributed by atoms with Crippen LogP contribution < -0.4 is 4.90 Å². The molecule has 0 aliphatic carbocycles. The SMILES string of the molecule is N#CCCC(C#N)CN1CCN(c2c(C#N)cnc3ccccc23)CC1. The normalized spacial score (nSPS) is 15.8. The second-order valence-electron chi connectivity index (χ2n) is 6.46. The van der Waals surface area contributed by atoms with Gasteiger partial charge < -0.3 is 4.90 Å². The first kappa shape index (κ1) is 17.7. The van der Waals surface area contributed by atoms with E-state index in [4.69, 9.17) is 5.26 Å². The number of piperazine rings is 1. The van der Waals surface area contributed by atoms with Gasteiger partial charge in [-0.2, -0.15) is 15.8 Å². The molecule has 2 heterocycles. The molecular formula is C20H20N6. The molecule has 1 aromatic heterocycles. The van der Waals surface area contributed by atoms with E-state index < -0.39 is 0 Å². The summed E-state index contributed by atoms with van der Waals surface area (Å²) >= 11 is 0. The molecule has 0 spiro atoms. The summed E-state index contributed by atoms with van der Waals surface area (Å²) < 4.78 is 0. The smallest absolute Gasteiger partial charge is 0.103 e. The zero-order valence-electron chi connectivity index (χ0n) is 14.6. The average Bonchev–Trinajstić information content (AvgIpc) is 2.70. The van der Waals surface area contributed by atoms with E-state index in [0.717, 1.165) is 42.8 Å². The summed E-state index contributed by atoms with van der Waals surface area (Å²) in [5.74, 6) is -0.0994. The maximum atomic E-state index is 9.50. The summed E-state index contributed by atoms with van der Waals surface area (Å²) in [7, 11) is 0. The summed E-state index contributed by atoms with van der Waals surface area (Å²) in [5, 5.41) is 28.5. The number of hydrogen-bond donors (Lipinski definition) is 0. The van der Waals surface area contributed by atoms with Gasteiger partial charge in [0.05, 0.1) is 34.8 Å². The molecule has 0 amide bonds. The quantitative estimate of drug-likeness (QED) is 0.828. The summed E-state index contributed by atoms with van der Waals surface area (Å²) in [5.41, 5.74) is 2.45. The van der Waals surface area contributed by atoms with Crippen molar-refractivity contribution in [2.45, 2.75) is 12.8 Å². The second-order valence-corrected chi connectivity index (χ2v) is 6.46. The first-order chi connectivity index (χ1) is 12.8. The Morgan fingerprint density at radius 3 is 2.54 bits per heavy atom. The fraction of sp³-hybridized carbons (Fsp3) is 0.400. The van der Waals surface area contributed by atoms with Gasteiger partial charge in [0.25, 0.3) is 0 Å². The van der Waals surface area contributed by atoms with E-state index in [1.54, 1.807) is 6.20 Å². The van der Waals surface area contributed by atoms with Crippen molar-refractivity contribution in [1.29, 1.82) is 15.8 Å². The zero-order chi connectivity index (χ0) is 18.4. The van der Waals surface area contributed by atoms with Gasteiger partial charge in [-0.3, -0.25) is 9.88 Å². The van der Waals surface area contributed by atoms with Gasteiger partial charge in [-0.05, 0) is 12.5 Å². The van der Waals surface area contributed by atoms with E-state index in [1.165, 1.54) is 0 Å². The van der Waals surface area contributed by atoms with Gasteiger partial charge in [0, 0.05) is 50.7 Å². The molecule has 3 rings (SSSR count). The van der Waals surface area contributed by atoms with Gasteiger partial charge in [-0.1, -0.05) is 18.2 Å². The fourth-order valence-electron chi connectivity index (χ4n) is 3.45. The van der Waals surface area contributed by atoms with Crippen LogP contribution in [-0.2, 0) is 0 Å². The molecule has 0 radical (unpaired) electrons. The fourth-order valence-corrected chi connectivity index (χ4v) is 3.45. The Kier molecular flexibility index (Phi) is 5.64. The van der Waals surface area contributed by atoms with Crippen LogP contribution in [0.15, 0.2) is 30.5 Å². The van der Waals surface area contributed by atoms with E-state index in [2.05, 4.69) is 33.0 Å². The van der Waals surface area contributed by atoms with E-state index in [9.17, 15) is 10.5 Å². The topological polar surface area (TPSA) is 90.7 Å². The number of fused-ring (bicyclic) bond motifs is 1. The highest BCUT2D eigenvalue weighted by Crippen LogP contribution is 2.30. The van der Waals surface area contributed by atoms with Crippen LogP contribution in [0, 0.1) is 39.9 Å². The lowest BCUT2D eigenvalue weighted by Crippen LogP contribution is -2.48. The van der Waals surface area contributed by atoms with Crippen LogP contribution in [0.5, 0.6) is 0 Å². The molecule has 0 N–H and O–H groups in total. The van der Waals surface area contributed by atoms with Crippen LogP contribution in [-0.4, -0.2) is 42.6 Å². The van der Waals surface area contributed by atoms with Crippen molar-refractivity contribution in [3.8, 4) is 18.2 Å². The average molecular weight is 344 g/mol. The van der Waals surface area contributed by atoms with E-state index in [1.807, 2.05) is 24.3 Å². The molecule has 0 bridgehead atoms. The highest BCUT2D eigenvalue weighted by Gasteiger charge is 2.23. The second kappa shape index (κ2) is 8.30. The third-order valence-electron chi connectivity index (χ3n) is 4.82. The molecule has 1 unspecified atom stereocenters. The van der Waals surface area contributed by atoms with Crippen molar-refractivity contribution in [3.05, 3.63) is 36.0 Å². The highest BCUT2D eigenvalue weighted by atomic mass is 15.3. The molecule has 1 atom stereocenters. The Morgan fingerprint density at radius 1 is 1.08 bits per heavy atom. The number of nitrogens with zero attached hydrogens (tertiary/aromatic N) is 6. The molecule has 130 valence electrons. The number of anilines is 1. The number of pyridine rings is 1. The number of rotatable bonds is 5. The zero-order valence-corrected chi connectivity index (χ0v) is 14.6. The van der Waals surface area contributed by atoms with Crippen molar-refractivity contribution < 1.29 is 0 Å². The Hall–Kier alpha value is -3.14. The third kappa shape index (κ3) is 3.75. The predicted octanol–water partition coefficient (Wildman–Crippen LogP) is 2.67. The molecule has 6 heteroatoms. The van der Waals surface area contributed by atoms with E-state index in [0.29, 0.717) is 24.9 Å². The minimum atomic E-state index is -0.0994. The maximum absolute atomic E-state index is 9.50. The van der Waals surface area contributed by atoms with Gasteiger partial charge in [-0.15, -0.1) is 0 Å². The lowest BCUT2D eigenvalue weighted by Gasteiger charge is -2.37. The van der Waals surface area contributed by atoms with Crippen LogP contribution in [0.3, 0.4) is 0 Å². The van der Waals surface area contributed by atoms with Crippen molar-refractivity contribution in [2.75, 3.05) is 37.6 Å². The molecule has 6 nitrogen and oxygen atoms in total. The van der Waals surface area contributed by atoms with Gasteiger partial charge in [0.2, 0.25) is 0 Å². The van der Waals surface area contributed by atoms with E-state index >= 15 is 0 Å². The van der Waals surface area contributed by atoms with Crippen LogP contribution in [0.25, 0.3) is 10.9 Å². The van der Waals surface area contributed by atoms with Crippen molar-refractivity contribution in [2.24, 2.45) is 5.92 Å². The minimum Gasteiger partial charge on any atom is -0.367 e. The first-order valence-electron chi connectivity index (χ1n) is 8.78. The highest BCUT2D eigenvalue weighted by molar-refractivity contribution is 5.94. The van der Waals surface area contributed by atoms with Crippen LogP contribution in [0.1, 0.15) is 18.4 Å². The third-order valence-corrected chi connectivity index (χ3v) is 4.82. The van der Waals surface area contributed by atoms with Crippen molar-refractivity contribution >= 4 is 16.6 Å². The summed E-state index contributed by atoms with van der Waals surface area (Å²) in [4.78, 5) is 8.90. The Balaban J connectivity index is 1.73. The lowest BCUT2D eigenvalue weighted by molar-refractivity contribution is 0.233. The van der Waals surface area contributed by atoms with Crippen LogP contribution >= 0.6 is 0 Å². The number of aromatic nitrogens is 1. The monoisotopic (exact) mass is 344 g/mol. The van der Waals surface area contributed by atoms with Crippen LogP contribution in [0.4, 0.5) is 5.69 Å². The molecule has 1 aliphatic rings. The molecule has 1 aliphatic heterocycles. The Labute approximate surface area is 153 Å². The predicted molar refractivity (Wildman–Crippen MR) is 99.1 cm³/mol. The molecule has 1 aromatic carbocycles. The number of nitriles is 3. The van der Waals surface area contributed by atoms with Gasteiger partial charge in [0.1, 0.15) is 6.07 Å². The molecule has 1 fully saturated rings. The lowest BCUT2D eigenvalue weighted by atomic mass is 10.0. The molecular weight excluding hydrogens is 324 g/mol. The maximum Gasteiger partial charge on any atom is 0.103 e. The summed E-state index contributed by atoms with van der Waals surface area (Å²) in [6, 6.07) is 14.6. The molecule has 26 heavy (non-hydrogen) atoms. The number of para-hydroxylation sites is 1. The Morgan fingerprint density at radius 2 is 1.85 bits per heavy atom. The molecule has 0 saturated carbocycles. The largest absolute Gasteiger partial charge is 0.367 e. The van der Waals surface area contributed by atoms with Gasteiger partial charge >= 0.3 is 0 Å². The van der Waals surface area contributed by atoms with Gasteiger partial charge in [-0.25, -0.2) is 0 Å². The standard InChI is InChI=1S/C20H20N6/c21-7-3-4-16(12-22)15-25-8-10-26(11-9-25)20-17(13-23)14-24-19-6-2-1-5-18(19)20/h1-2,5-6,14,16H,3-4,8-11,15H2. The Bertz CT molecular complexity index is 893. The summed E-state index contributed by atoms with van der Waals surface area (Å²) in [6.45, 7) is 3.99. The number of benzene rings is 1. The number of hydrogen-bond acceptors (Lipinski definition) is 6.